The van der Waals surface area contributed by atoms with Crippen LogP contribution in [0.4, 0.5) is 4.39 Å². The first-order valence-electron chi connectivity index (χ1n) is 5.23. The first kappa shape index (κ1) is 11.0. The number of aromatic nitrogens is 3. The van der Waals surface area contributed by atoms with E-state index < -0.39 is 5.82 Å². The second-order valence-corrected chi connectivity index (χ2v) is 4.81. The van der Waals surface area contributed by atoms with Crippen LogP contribution in [0.15, 0.2) is 18.2 Å². The summed E-state index contributed by atoms with van der Waals surface area (Å²) < 4.78 is 15.3. The highest BCUT2D eigenvalue weighted by Crippen LogP contribution is 2.41. The number of hydrogen-bond acceptors (Lipinski definition) is 2. The summed E-state index contributed by atoms with van der Waals surface area (Å²) in [5, 5.41) is 8.40. The maximum absolute atomic E-state index is 13.8. The van der Waals surface area contributed by atoms with E-state index in [1.807, 2.05) is 0 Å². The monoisotopic (exact) mass is 271 g/mol. The molecule has 1 saturated carbocycles. The van der Waals surface area contributed by atoms with Gasteiger partial charge in [0.1, 0.15) is 11.6 Å². The van der Waals surface area contributed by atoms with Gasteiger partial charge in [-0.1, -0.05) is 11.6 Å². The first-order valence-corrected chi connectivity index (χ1v) is 5.98. The fourth-order valence-corrected chi connectivity index (χ4v) is 2.14. The molecule has 0 aliphatic heterocycles. The molecule has 1 aromatic carbocycles. The molecule has 0 N–H and O–H groups in total. The van der Waals surface area contributed by atoms with Crippen LogP contribution in [0.3, 0.4) is 0 Å². The first-order chi connectivity index (χ1) is 8.16. The van der Waals surface area contributed by atoms with Gasteiger partial charge in [-0.2, -0.15) is 0 Å². The maximum Gasteiger partial charge on any atom is 0.229 e. The van der Waals surface area contributed by atoms with E-state index in [-0.39, 0.29) is 5.28 Å². The quantitative estimate of drug-likeness (QED) is 0.836. The number of hydrogen-bond donors (Lipinski definition) is 0. The molecule has 0 unspecified atom stereocenters. The van der Waals surface area contributed by atoms with E-state index in [2.05, 4.69) is 10.2 Å². The third-order valence-corrected chi connectivity index (χ3v) is 3.22. The molecule has 17 heavy (non-hydrogen) atoms. The number of benzene rings is 1. The van der Waals surface area contributed by atoms with Gasteiger partial charge in [0.25, 0.3) is 0 Å². The van der Waals surface area contributed by atoms with Gasteiger partial charge in [0.15, 0.2) is 0 Å². The lowest BCUT2D eigenvalue weighted by atomic mass is 10.3. The Labute approximate surface area is 107 Å². The third-order valence-electron chi connectivity index (χ3n) is 2.74. The van der Waals surface area contributed by atoms with Crippen LogP contribution >= 0.6 is 23.2 Å². The fraction of sp³-hybridized carbons (Fsp3) is 0.273. The average molecular weight is 272 g/mol. The second-order valence-electron chi connectivity index (χ2n) is 4.03. The van der Waals surface area contributed by atoms with Gasteiger partial charge < -0.3 is 0 Å². The Morgan fingerprint density at radius 1 is 1.24 bits per heavy atom. The molecule has 0 saturated heterocycles. The Kier molecular flexibility index (Phi) is 2.56. The van der Waals surface area contributed by atoms with Crippen LogP contribution in [0.25, 0.3) is 5.69 Å². The van der Waals surface area contributed by atoms with Crippen molar-refractivity contribution < 1.29 is 4.39 Å². The largest absolute Gasteiger partial charge is 0.266 e. The number of halogens is 3. The van der Waals surface area contributed by atoms with Gasteiger partial charge in [0.2, 0.25) is 5.28 Å². The molecule has 1 aliphatic rings. The summed E-state index contributed by atoms with van der Waals surface area (Å²) in [5.41, 5.74) is 0.300. The topological polar surface area (TPSA) is 30.7 Å². The molecule has 0 amide bonds. The van der Waals surface area contributed by atoms with E-state index in [0.29, 0.717) is 22.5 Å². The van der Waals surface area contributed by atoms with Gasteiger partial charge in [-0.25, -0.2) is 4.39 Å². The molecule has 1 aliphatic carbocycles. The highest BCUT2D eigenvalue weighted by molar-refractivity contribution is 6.31. The van der Waals surface area contributed by atoms with E-state index in [0.717, 1.165) is 12.8 Å². The van der Waals surface area contributed by atoms with Crippen LogP contribution < -0.4 is 0 Å². The van der Waals surface area contributed by atoms with Crippen molar-refractivity contribution in [1.29, 1.82) is 0 Å². The summed E-state index contributed by atoms with van der Waals surface area (Å²) in [4.78, 5) is 0. The predicted octanol–water partition coefficient (Wildman–Crippen LogP) is 3.59. The summed E-state index contributed by atoms with van der Waals surface area (Å²) >= 11 is 11.8. The molecule has 0 radical (unpaired) electrons. The van der Waals surface area contributed by atoms with Crippen molar-refractivity contribution in [3.8, 4) is 5.69 Å². The van der Waals surface area contributed by atoms with E-state index in [4.69, 9.17) is 23.2 Å². The van der Waals surface area contributed by atoms with Gasteiger partial charge in [-0.05, 0) is 42.6 Å². The van der Waals surface area contributed by atoms with E-state index >= 15 is 0 Å². The Morgan fingerprint density at radius 2 is 2.00 bits per heavy atom. The Balaban J connectivity index is 2.19. The summed E-state index contributed by atoms with van der Waals surface area (Å²) in [7, 11) is 0. The lowest BCUT2D eigenvalue weighted by Gasteiger charge is -2.08. The molecular formula is C11H8Cl2FN3. The fourth-order valence-electron chi connectivity index (χ4n) is 1.76. The Hall–Kier alpha value is -1.13. The lowest BCUT2D eigenvalue weighted by molar-refractivity contribution is 0.615. The molecule has 1 aromatic heterocycles. The number of rotatable bonds is 2. The zero-order valence-electron chi connectivity index (χ0n) is 8.70. The van der Waals surface area contributed by atoms with Crippen LogP contribution in [0.2, 0.25) is 10.3 Å². The molecule has 1 heterocycles. The van der Waals surface area contributed by atoms with Crippen LogP contribution in [0.1, 0.15) is 24.6 Å². The van der Waals surface area contributed by atoms with Crippen molar-refractivity contribution in [3.63, 3.8) is 0 Å². The summed E-state index contributed by atoms with van der Waals surface area (Å²) in [5.74, 6) is 0.641. The van der Waals surface area contributed by atoms with Crippen molar-refractivity contribution >= 4 is 23.2 Å². The molecule has 6 heteroatoms. The minimum Gasteiger partial charge on any atom is -0.266 e. The molecule has 3 rings (SSSR count). The molecular weight excluding hydrogens is 264 g/mol. The van der Waals surface area contributed by atoms with E-state index in [1.165, 1.54) is 22.8 Å². The Morgan fingerprint density at radius 3 is 2.71 bits per heavy atom. The van der Waals surface area contributed by atoms with Crippen molar-refractivity contribution in [1.82, 2.24) is 14.8 Å². The van der Waals surface area contributed by atoms with Gasteiger partial charge in [0, 0.05) is 10.9 Å². The molecule has 0 spiro atoms. The SMILES string of the molecule is Fc1ccc(Cl)cc1-n1c(Cl)nnc1C1CC1. The zero-order valence-corrected chi connectivity index (χ0v) is 10.2. The van der Waals surface area contributed by atoms with E-state index in [1.54, 1.807) is 0 Å². The lowest BCUT2D eigenvalue weighted by Crippen LogP contribution is -2.02. The van der Waals surface area contributed by atoms with Crippen molar-refractivity contribution in [2.24, 2.45) is 0 Å². The van der Waals surface area contributed by atoms with Crippen molar-refractivity contribution in [3.05, 3.63) is 40.1 Å². The van der Waals surface area contributed by atoms with E-state index in [9.17, 15) is 4.39 Å². The second kappa shape index (κ2) is 3.96. The normalized spacial score (nSPS) is 15.2. The summed E-state index contributed by atoms with van der Waals surface area (Å²) in [6, 6.07) is 4.33. The molecule has 3 nitrogen and oxygen atoms in total. The maximum atomic E-state index is 13.8. The minimum atomic E-state index is -0.391. The van der Waals surface area contributed by atoms with Gasteiger partial charge >= 0.3 is 0 Å². The minimum absolute atomic E-state index is 0.160. The predicted molar refractivity (Wildman–Crippen MR) is 63.3 cm³/mol. The smallest absolute Gasteiger partial charge is 0.229 e. The highest BCUT2D eigenvalue weighted by Gasteiger charge is 2.31. The Bertz CT molecular complexity index is 578. The summed E-state index contributed by atoms with van der Waals surface area (Å²) in [6.07, 6.45) is 2.08. The summed E-state index contributed by atoms with van der Waals surface area (Å²) in [6.45, 7) is 0. The highest BCUT2D eigenvalue weighted by atomic mass is 35.5. The van der Waals surface area contributed by atoms with Crippen LogP contribution in [-0.2, 0) is 0 Å². The van der Waals surface area contributed by atoms with Gasteiger partial charge in [-0.15, -0.1) is 10.2 Å². The molecule has 0 bridgehead atoms. The zero-order chi connectivity index (χ0) is 12.0. The molecule has 2 aromatic rings. The molecule has 88 valence electrons. The van der Waals surface area contributed by atoms with Crippen LogP contribution in [-0.4, -0.2) is 14.8 Å². The van der Waals surface area contributed by atoms with Crippen molar-refractivity contribution in [2.45, 2.75) is 18.8 Å². The standard InChI is InChI=1S/C11H8Cl2FN3/c12-7-3-4-8(14)9(5-7)17-10(6-1-2-6)15-16-11(17)13/h3-6H,1-2H2. The van der Waals surface area contributed by atoms with Crippen LogP contribution in [0.5, 0.6) is 0 Å². The molecule has 0 atom stereocenters. The van der Waals surface area contributed by atoms with Gasteiger partial charge in [0.05, 0.1) is 5.69 Å². The van der Waals surface area contributed by atoms with Crippen LogP contribution in [0, 0.1) is 5.82 Å². The van der Waals surface area contributed by atoms with Gasteiger partial charge in [-0.3, -0.25) is 4.57 Å². The van der Waals surface area contributed by atoms with Crippen molar-refractivity contribution in [2.75, 3.05) is 0 Å². The molecule has 1 fully saturated rings. The number of nitrogens with zero attached hydrogens (tertiary/aromatic N) is 3. The third kappa shape index (κ3) is 1.91. The average Bonchev–Trinajstić information content (AvgIpc) is 3.07.